The van der Waals surface area contributed by atoms with E-state index >= 15 is 0 Å². The quantitative estimate of drug-likeness (QED) is 0.0611. The van der Waals surface area contributed by atoms with Crippen molar-refractivity contribution in [3.8, 4) is 11.5 Å². The first-order valence-corrected chi connectivity index (χ1v) is 17.0. The Bertz CT molecular complexity index is 2030. The predicted octanol–water partition coefficient (Wildman–Crippen LogP) is 7.12. The maximum Gasteiger partial charge on any atom is 0.416 e. The fourth-order valence-corrected chi connectivity index (χ4v) is 6.02. The Balaban J connectivity index is 1.49. The number of fused-ring (bicyclic) bond motifs is 1. The molecule has 1 aromatic heterocycles. The number of aromatic hydroxyl groups is 1. The number of phenolic OH excluding ortho intramolecular Hbond substituents is 1. The fourth-order valence-electron chi connectivity index (χ4n) is 5.83. The van der Waals surface area contributed by atoms with Crippen LogP contribution >= 0.6 is 12.2 Å². The van der Waals surface area contributed by atoms with Crippen LogP contribution in [0.4, 0.5) is 13.2 Å². The summed E-state index contributed by atoms with van der Waals surface area (Å²) < 4.78 is 52.0. The molecule has 3 aromatic rings. The number of aliphatic hydroxyl groups excluding tert-OH is 1. The van der Waals surface area contributed by atoms with Crippen molar-refractivity contribution in [3.63, 3.8) is 0 Å². The molecule has 0 saturated heterocycles. The summed E-state index contributed by atoms with van der Waals surface area (Å²) in [5, 5.41) is 32.0. The number of ether oxygens (including phenoxy) is 1. The zero-order valence-corrected chi connectivity index (χ0v) is 29.0. The number of carbonyl (C=O) groups is 2. The van der Waals surface area contributed by atoms with Crippen molar-refractivity contribution in [1.29, 1.82) is 0 Å². The largest absolute Gasteiger partial charge is 0.507 e. The van der Waals surface area contributed by atoms with Crippen LogP contribution in [-0.2, 0) is 12.6 Å². The topological polar surface area (TPSA) is 134 Å². The molecule has 12 heteroatoms. The van der Waals surface area contributed by atoms with E-state index in [9.17, 15) is 42.9 Å². The van der Waals surface area contributed by atoms with Gasteiger partial charge in [-0.2, -0.15) is 13.2 Å². The number of carbonyl (C=O) groups excluding carboxylic acids is 1. The predicted molar refractivity (Wildman–Crippen MR) is 191 cm³/mol. The molecule has 0 fully saturated rings. The molecule has 0 saturated carbocycles. The number of hydrogen-bond donors (Lipinski definition) is 3. The van der Waals surface area contributed by atoms with Gasteiger partial charge < -0.3 is 24.5 Å². The van der Waals surface area contributed by atoms with Gasteiger partial charge in [0.2, 0.25) is 5.76 Å². The van der Waals surface area contributed by atoms with Gasteiger partial charge in [-0.15, -0.1) is 0 Å². The lowest BCUT2D eigenvalue weighted by Gasteiger charge is -2.22. The lowest BCUT2D eigenvalue weighted by Crippen LogP contribution is -2.45. The molecule has 1 aliphatic carbocycles. The SMILES string of the molecule is CCCc1c(OCCCCC/C=C\C=C\[C@@H](c2c(C(=O)O)oc3c(c2=O)=CCC(=S)C=3)[C@@H](O)c2cccc(C(F)(F)F)c2)ccc(C(C)=O)c1O. The molecule has 3 N–H and O–H groups in total. The van der Waals surface area contributed by atoms with Crippen molar-refractivity contribution in [2.24, 2.45) is 0 Å². The van der Waals surface area contributed by atoms with Crippen LogP contribution in [-0.4, -0.2) is 38.5 Å². The Morgan fingerprint density at radius 3 is 2.57 bits per heavy atom. The number of benzene rings is 2. The molecule has 270 valence electrons. The third-order valence-corrected chi connectivity index (χ3v) is 8.68. The first-order valence-electron chi connectivity index (χ1n) is 16.6. The van der Waals surface area contributed by atoms with E-state index < -0.39 is 46.5 Å². The van der Waals surface area contributed by atoms with Gasteiger partial charge in [0.15, 0.2) is 11.2 Å². The van der Waals surface area contributed by atoms with Gasteiger partial charge in [-0.25, -0.2) is 4.79 Å². The number of allylic oxidation sites excluding steroid dienone is 3. The van der Waals surface area contributed by atoms with Gasteiger partial charge in [-0.3, -0.25) is 9.59 Å². The standard InChI is InChI=1S/C39H39F3O8S/c1-3-12-28-31(19-18-27(23(2)43)35(28)45)49-20-10-8-6-4-5-7-9-15-30(34(44)24-13-11-14-25(21-24)39(40,41)42)33-36(46)29-17-16-26(51)22-32(29)50-37(33)38(47)48/h5,7,9,11,13-15,17-19,21-22,30,34,44-45H,3-4,6,8,10,12,16,20H2,1-2H3,(H,47,48)/b7-5-,15-9+/t30-,34-/m0/s1. The molecular formula is C39H39F3O8S. The van der Waals surface area contributed by atoms with Crippen LogP contribution < -0.4 is 20.8 Å². The summed E-state index contributed by atoms with van der Waals surface area (Å²) in [4.78, 5) is 38.2. The minimum Gasteiger partial charge on any atom is -0.507 e. The molecule has 51 heavy (non-hydrogen) atoms. The summed E-state index contributed by atoms with van der Waals surface area (Å²) >= 11 is 5.17. The van der Waals surface area contributed by atoms with E-state index in [0.29, 0.717) is 35.6 Å². The smallest absolute Gasteiger partial charge is 0.416 e. The second-order valence-corrected chi connectivity index (χ2v) is 12.6. The lowest BCUT2D eigenvalue weighted by atomic mass is 9.86. The second-order valence-electron chi connectivity index (χ2n) is 12.1. The van der Waals surface area contributed by atoms with Crippen LogP contribution in [0.3, 0.4) is 0 Å². The molecule has 1 aliphatic rings. The molecular weight excluding hydrogens is 685 g/mol. The number of thiocarbonyl (C=S) groups is 1. The monoisotopic (exact) mass is 724 g/mol. The van der Waals surface area contributed by atoms with E-state index in [0.717, 1.165) is 43.9 Å². The maximum absolute atomic E-state index is 13.7. The van der Waals surface area contributed by atoms with Crippen LogP contribution in [0.1, 0.15) is 108 Å². The highest BCUT2D eigenvalue weighted by Gasteiger charge is 2.34. The number of carboxylic acids is 1. The molecule has 0 unspecified atom stereocenters. The second kappa shape index (κ2) is 17.4. The lowest BCUT2D eigenvalue weighted by molar-refractivity contribution is -0.137. The zero-order valence-electron chi connectivity index (χ0n) is 28.2. The number of Topliss-reactive ketones (excluding diaryl/α,β-unsaturated/α-hetero) is 1. The Morgan fingerprint density at radius 1 is 1.12 bits per heavy atom. The van der Waals surface area contributed by atoms with Gasteiger partial charge >= 0.3 is 12.1 Å². The Morgan fingerprint density at radius 2 is 1.88 bits per heavy atom. The van der Waals surface area contributed by atoms with Crippen molar-refractivity contribution in [1.82, 2.24) is 0 Å². The van der Waals surface area contributed by atoms with Crippen molar-refractivity contribution in [3.05, 3.63) is 115 Å². The number of phenols is 1. The van der Waals surface area contributed by atoms with Crippen LogP contribution in [0.25, 0.3) is 12.2 Å². The number of ketones is 1. The van der Waals surface area contributed by atoms with Gasteiger partial charge in [0.05, 0.1) is 34.6 Å². The van der Waals surface area contributed by atoms with Crippen LogP contribution in [0, 0.1) is 0 Å². The summed E-state index contributed by atoms with van der Waals surface area (Å²) in [6.07, 6.45) is 7.35. The summed E-state index contributed by atoms with van der Waals surface area (Å²) in [6, 6.07) is 7.27. The first kappa shape index (κ1) is 39.0. The molecule has 0 amide bonds. The molecule has 1 heterocycles. The highest BCUT2D eigenvalue weighted by atomic mass is 32.1. The fraction of sp³-hybridized carbons (Fsp3) is 0.333. The number of aliphatic hydroxyl groups is 1. The van der Waals surface area contributed by atoms with Gasteiger partial charge in [0.1, 0.15) is 16.9 Å². The van der Waals surface area contributed by atoms with Gasteiger partial charge in [0.25, 0.3) is 0 Å². The highest BCUT2D eigenvalue weighted by molar-refractivity contribution is 7.81. The molecule has 2 atom stereocenters. The number of aromatic carboxylic acids is 1. The molecule has 0 radical (unpaired) electrons. The summed E-state index contributed by atoms with van der Waals surface area (Å²) in [7, 11) is 0. The van der Waals surface area contributed by atoms with E-state index in [1.54, 1.807) is 18.2 Å². The van der Waals surface area contributed by atoms with Crippen molar-refractivity contribution in [2.75, 3.05) is 6.61 Å². The zero-order chi connectivity index (χ0) is 37.3. The van der Waals surface area contributed by atoms with Gasteiger partial charge in [0, 0.05) is 22.8 Å². The molecule has 4 rings (SSSR count). The number of halogens is 3. The molecule has 0 bridgehead atoms. The Kier molecular flexibility index (Phi) is 13.3. The third-order valence-electron chi connectivity index (χ3n) is 8.39. The van der Waals surface area contributed by atoms with E-state index in [1.807, 2.05) is 13.0 Å². The normalized spacial score (nSPS) is 14.2. The summed E-state index contributed by atoms with van der Waals surface area (Å²) in [5.74, 6) is -3.43. The van der Waals surface area contributed by atoms with Crippen LogP contribution in [0.15, 0.2) is 69.9 Å². The van der Waals surface area contributed by atoms with Crippen LogP contribution in [0.5, 0.6) is 11.5 Å². The summed E-state index contributed by atoms with van der Waals surface area (Å²) in [6.45, 7) is 3.78. The first-order chi connectivity index (χ1) is 24.2. The average Bonchev–Trinajstić information content (AvgIpc) is 3.08. The minimum atomic E-state index is -4.70. The van der Waals surface area contributed by atoms with Crippen molar-refractivity contribution >= 4 is 41.0 Å². The van der Waals surface area contributed by atoms with Crippen molar-refractivity contribution < 1.29 is 47.2 Å². The average molecular weight is 725 g/mol. The number of unbranched alkanes of at least 4 members (excludes halogenated alkanes) is 3. The van der Waals surface area contributed by atoms with E-state index in [2.05, 4.69) is 0 Å². The summed E-state index contributed by atoms with van der Waals surface area (Å²) in [5.41, 5.74) is -1.47. The number of rotatable bonds is 16. The van der Waals surface area contributed by atoms with Gasteiger partial charge in [-0.05, 0) is 74.9 Å². The van der Waals surface area contributed by atoms with E-state index in [4.69, 9.17) is 21.4 Å². The van der Waals surface area contributed by atoms with E-state index in [1.165, 1.54) is 37.3 Å². The molecule has 0 spiro atoms. The Labute approximate surface area is 297 Å². The van der Waals surface area contributed by atoms with Gasteiger partial charge in [-0.1, -0.05) is 68.1 Å². The third kappa shape index (κ3) is 9.71. The molecule has 2 aromatic carbocycles. The molecule has 8 nitrogen and oxygen atoms in total. The molecule has 0 aliphatic heterocycles. The maximum atomic E-state index is 13.7. The number of alkyl halides is 3. The van der Waals surface area contributed by atoms with Crippen molar-refractivity contribution in [2.45, 2.75) is 77.0 Å². The number of carboxylic acid groups (broad SMARTS) is 1. The Hall–Kier alpha value is -4.81. The minimum absolute atomic E-state index is 0.0376. The van der Waals surface area contributed by atoms with E-state index in [-0.39, 0.29) is 39.7 Å². The van der Waals surface area contributed by atoms with Crippen LogP contribution in [0.2, 0.25) is 0 Å². The number of hydrogen-bond acceptors (Lipinski definition) is 8. The highest BCUT2D eigenvalue weighted by Crippen LogP contribution is 2.36.